The van der Waals surface area contributed by atoms with E-state index in [1.54, 1.807) is 10.4 Å². The van der Waals surface area contributed by atoms with Crippen molar-refractivity contribution in [3.63, 3.8) is 0 Å². The number of thiophene rings is 2. The molecule has 198 valence electrons. The average Bonchev–Trinajstić information content (AvgIpc) is 3.48. The Kier molecular flexibility index (Phi) is 11.9. The number of aryl methyl sites for hydroxylation is 1. The van der Waals surface area contributed by atoms with Crippen LogP contribution in [-0.4, -0.2) is 0 Å². The standard InChI is InChI=1S/C34H50S2/c1-3-5-7-9-10-12-13-15-27-17-19-28(20-18-27)29-21-23-30(24-22-29)32-26-34-33(36-32)25-31(35-34)16-14-11-8-6-4-2/h21-28H,3-20H2,1-2H3. The predicted molar refractivity (Wildman–Crippen MR) is 165 cm³/mol. The third kappa shape index (κ3) is 8.45. The van der Waals surface area contributed by atoms with Gasteiger partial charge in [-0.1, -0.05) is 115 Å². The molecule has 0 radical (unpaired) electrons. The molecule has 0 unspecified atom stereocenters. The molecular formula is C34H50S2. The average molecular weight is 523 g/mol. The highest BCUT2D eigenvalue weighted by Crippen LogP contribution is 2.41. The van der Waals surface area contributed by atoms with Crippen LogP contribution in [0.15, 0.2) is 36.4 Å². The van der Waals surface area contributed by atoms with Crippen molar-refractivity contribution >= 4 is 32.1 Å². The Morgan fingerprint density at radius 3 is 1.92 bits per heavy atom. The zero-order chi connectivity index (χ0) is 25.0. The maximum atomic E-state index is 2.47. The molecule has 0 spiro atoms. The zero-order valence-electron chi connectivity index (χ0n) is 23.2. The van der Waals surface area contributed by atoms with Gasteiger partial charge in [-0.2, -0.15) is 0 Å². The summed E-state index contributed by atoms with van der Waals surface area (Å²) in [5, 5.41) is 0. The van der Waals surface area contributed by atoms with Crippen LogP contribution in [0.5, 0.6) is 0 Å². The van der Waals surface area contributed by atoms with Crippen LogP contribution < -0.4 is 0 Å². The molecule has 2 heteroatoms. The number of rotatable bonds is 16. The Morgan fingerprint density at radius 2 is 1.25 bits per heavy atom. The molecular weight excluding hydrogens is 473 g/mol. The lowest BCUT2D eigenvalue weighted by Gasteiger charge is -2.29. The zero-order valence-corrected chi connectivity index (χ0v) is 24.8. The minimum Gasteiger partial charge on any atom is -0.139 e. The van der Waals surface area contributed by atoms with Crippen LogP contribution in [0.2, 0.25) is 0 Å². The SMILES string of the molecule is CCCCCCCCCC1CCC(c2ccc(-c3cc4sc(CCCCCCC)cc4s3)cc2)CC1. The molecule has 0 saturated heterocycles. The van der Waals surface area contributed by atoms with E-state index < -0.39 is 0 Å². The third-order valence-electron chi connectivity index (χ3n) is 8.51. The molecule has 1 aromatic carbocycles. The van der Waals surface area contributed by atoms with E-state index in [4.69, 9.17) is 0 Å². The maximum Gasteiger partial charge on any atom is 0.0460 e. The molecule has 2 aromatic heterocycles. The van der Waals surface area contributed by atoms with E-state index in [0.717, 1.165) is 11.8 Å². The summed E-state index contributed by atoms with van der Waals surface area (Å²) in [7, 11) is 0. The molecule has 0 nitrogen and oxygen atoms in total. The largest absolute Gasteiger partial charge is 0.139 e. The summed E-state index contributed by atoms with van der Waals surface area (Å²) in [5.74, 6) is 1.78. The molecule has 0 bridgehead atoms. The first-order valence-electron chi connectivity index (χ1n) is 15.4. The molecule has 0 N–H and O–H groups in total. The molecule has 1 fully saturated rings. The van der Waals surface area contributed by atoms with Crippen molar-refractivity contribution in [3.05, 3.63) is 46.8 Å². The quantitative estimate of drug-likeness (QED) is 0.164. The molecule has 36 heavy (non-hydrogen) atoms. The van der Waals surface area contributed by atoms with Gasteiger partial charge in [0.1, 0.15) is 0 Å². The minimum absolute atomic E-state index is 0.788. The first-order valence-corrected chi connectivity index (χ1v) is 17.0. The Morgan fingerprint density at radius 1 is 0.639 bits per heavy atom. The number of benzene rings is 1. The molecule has 1 aliphatic carbocycles. The van der Waals surface area contributed by atoms with E-state index in [2.05, 4.69) is 50.2 Å². The van der Waals surface area contributed by atoms with Crippen molar-refractivity contribution in [3.8, 4) is 10.4 Å². The lowest BCUT2D eigenvalue weighted by Crippen LogP contribution is -2.13. The molecule has 0 atom stereocenters. The molecule has 2 heterocycles. The summed E-state index contributed by atoms with van der Waals surface area (Å²) in [4.78, 5) is 3.02. The summed E-state index contributed by atoms with van der Waals surface area (Å²) in [5.41, 5.74) is 2.98. The highest BCUT2D eigenvalue weighted by molar-refractivity contribution is 7.29. The number of fused-ring (bicyclic) bond motifs is 1. The third-order valence-corrected chi connectivity index (χ3v) is 10.9. The van der Waals surface area contributed by atoms with E-state index in [9.17, 15) is 0 Å². The van der Waals surface area contributed by atoms with Gasteiger partial charge in [0, 0.05) is 19.2 Å². The van der Waals surface area contributed by atoms with Gasteiger partial charge < -0.3 is 0 Å². The first kappa shape index (κ1) is 27.9. The highest BCUT2D eigenvalue weighted by atomic mass is 32.1. The second kappa shape index (κ2) is 15.3. The van der Waals surface area contributed by atoms with Gasteiger partial charge in [-0.3, -0.25) is 0 Å². The summed E-state index contributed by atoms with van der Waals surface area (Å²) < 4.78 is 2.98. The summed E-state index contributed by atoms with van der Waals surface area (Å²) >= 11 is 4.01. The summed E-state index contributed by atoms with van der Waals surface area (Å²) in [6, 6.07) is 14.6. The van der Waals surface area contributed by atoms with Crippen molar-refractivity contribution in [2.75, 3.05) is 0 Å². The van der Waals surface area contributed by atoms with Gasteiger partial charge in [-0.15, -0.1) is 22.7 Å². The van der Waals surface area contributed by atoms with Gasteiger partial charge in [-0.05, 0) is 73.6 Å². The predicted octanol–water partition coefficient (Wildman–Crippen LogP) is 12.6. The fraction of sp³-hybridized carbons (Fsp3) is 0.647. The number of unbranched alkanes of at least 4 members (excludes halogenated alkanes) is 10. The molecule has 1 saturated carbocycles. The highest BCUT2D eigenvalue weighted by Gasteiger charge is 2.22. The minimum atomic E-state index is 0.788. The monoisotopic (exact) mass is 522 g/mol. The Labute approximate surface area is 229 Å². The molecule has 4 rings (SSSR count). The van der Waals surface area contributed by atoms with E-state index in [0.29, 0.717) is 0 Å². The van der Waals surface area contributed by atoms with Crippen LogP contribution in [0.3, 0.4) is 0 Å². The smallest absolute Gasteiger partial charge is 0.0460 e. The van der Waals surface area contributed by atoms with Crippen LogP contribution in [0.25, 0.3) is 19.8 Å². The van der Waals surface area contributed by atoms with Crippen molar-refractivity contribution in [1.29, 1.82) is 0 Å². The molecule has 0 aliphatic heterocycles. The lowest BCUT2D eigenvalue weighted by molar-refractivity contribution is 0.302. The topological polar surface area (TPSA) is 0 Å². The maximum absolute atomic E-state index is 2.47. The lowest BCUT2D eigenvalue weighted by atomic mass is 9.77. The number of hydrogen-bond donors (Lipinski definition) is 0. The Hall–Kier alpha value is -1.12. The Balaban J connectivity index is 1.19. The van der Waals surface area contributed by atoms with E-state index in [1.807, 2.05) is 22.7 Å². The van der Waals surface area contributed by atoms with Crippen LogP contribution in [0.1, 0.15) is 139 Å². The van der Waals surface area contributed by atoms with E-state index >= 15 is 0 Å². The summed E-state index contributed by atoms with van der Waals surface area (Å²) in [6.07, 6.45) is 25.4. The van der Waals surface area contributed by atoms with Crippen molar-refractivity contribution < 1.29 is 0 Å². The Bertz CT molecular complexity index is 953. The van der Waals surface area contributed by atoms with Crippen molar-refractivity contribution in [2.24, 2.45) is 5.92 Å². The van der Waals surface area contributed by atoms with Crippen LogP contribution in [-0.2, 0) is 6.42 Å². The fourth-order valence-corrected chi connectivity index (χ4v) is 8.62. The van der Waals surface area contributed by atoms with Crippen molar-refractivity contribution in [2.45, 2.75) is 135 Å². The van der Waals surface area contributed by atoms with Crippen LogP contribution in [0, 0.1) is 5.92 Å². The van der Waals surface area contributed by atoms with Crippen LogP contribution in [0.4, 0.5) is 0 Å². The van der Waals surface area contributed by atoms with E-state index in [-0.39, 0.29) is 0 Å². The van der Waals surface area contributed by atoms with Gasteiger partial charge >= 0.3 is 0 Å². The van der Waals surface area contributed by atoms with Gasteiger partial charge in [-0.25, -0.2) is 0 Å². The normalized spacial score (nSPS) is 18.3. The second-order valence-electron chi connectivity index (χ2n) is 11.5. The second-order valence-corrected chi connectivity index (χ2v) is 13.7. The van der Waals surface area contributed by atoms with Gasteiger partial charge in [0.15, 0.2) is 0 Å². The van der Waals surface area contributed by atoms with Crippen LogP contribution >= 0.6 is 22.7 Å². The van der Waals surface area contributed by atoms with Crippen molar-refractivity contribution in [1.82, 2.24) is 0 Å². The van der Waals surface area contributed by atoms with E-state index in [1.165, 1.54) is 135 Å². The molecule has 0 amide bonds. The molecule has 3 aromatic rings. The summed E-state index contributed by atoms with van der Waals surface area (Å²) in [6.45, 7) is 4.60. The van der Waals surface area contributed by atoms with Gasteiger partial charge in [0.25, 0.3) is 0 Å². The fourth-order valence-electron chi connectivity index (χ4n) is 6.15. The number of hydrogen-bond acceptors (Lipinski definition) is 2. The van der Waals surface area contributed by atoms with Gasteiger partial charge in [0.05, 0.1) is 0 Å². The molecule has 1 aliphatic rings. The first-order chi connectivity index (χ1) is 17.8. The van der Waals surface area contributed by atoms with Gasteiger partial charge in [0.2, 0.25) is 0 Å².